The second kappa shape index (κ2) is 7.81. The van der Waals surface area contributed by atoms with Crippen molar-refractivity contribution in [1.29, 1.82) is 0 Å². The number of benzene rings is 1. The summed E-state index contributed by atoms with van der Waals surface area (Å²) in [6, 6.07) is 7.68. The summed E-state index contributed by atoms with van der Waals surface area (Å²) in [5.41, 5.74) is 1.63. The Morgan fingerprint density at radius 1 is 1.33 bits per heavy atom. The molecule has 0 aliphatic carbocycles. The van der Waals surface area contributed by atoms with E-state index in [1.54, 1.807) is 7.11 Å². The van der Waals surface area contributed by atoms with E-state index in [1.165, 1.54) is 0 Å². The third kappa shape index (κ3) is 3.97. The van der Waals surface area contributed by atoms with Crippen LogP contribution in [0, 0.1) is 0 Å². The monoisotopic (exact) mass is 330 g/mol. The lowest BCUT2D eigenvalue weighted by molar-refractivity contribution is -0.00231. The third-order valence-corrected chi connectivity index (χ3v) is 4.54. The molecule has 2 aromatic rings. The van der Waals surface area contributed by atoms with Gasteiger partial charge in [-0.3, -0.25) is 9.69 Å². The molecule has 24 heavy (non-hydrogen) atoms. The summed E-state index contributed by atoms with van der Waals surface area (Å²) in [6.45, 7) is 5.52. The number of fused-ring (bicyclic) bond motifs is 1. The molecule has 2 heterocycles. The number of hydrogen-bond acceptors (Lipinski definition) is 4. The van der Waals surface area contributed by atoms with Crippen LogP contribution in [-0.2, 0) is 11.3 Å². The fraction of sp³-hybridized carbons (Fsp3) is 0.526. The van der Waals surface area contributed by atoms with Gasteiger partial charge in [0.2, 0.25) is 0 Å². The van der Waals surface area contributed by atoms with Crippen LogP contribution in [0.3, 0.4) is 0 Å². The Hall–Kier alpha value is -1.85. The third-order valence-electron chi connectivity index (χ3n) is 4.54. The van der Waals surface area contributed by atoms with Gasteiger partial charge in [0, 0.05) is 36.2 Å². The maximum absolute atomic E-state index is 12.4. The maximum Gasteiger partial charge on any atom is 0.252 e. The summed E-state index contributed by atoms with van der Waals surface area (Å²) in [5, 5.41) is 1.000. The molecule has 0 amide bonds. The number of ether oxygens (including phenoxy) is 2. The SMILES string of the molecule is CCCO[C@@H]1CCCN(Cc2cc3cc(OC)ccc3[nH]c2=O)C1. The maximum atomic E-state index is 12.4. The second-order valence-corrected chi connectivity index (χ2v) is 6.45. The van der Waals surface area contributed by atoms with Gasteiger partial charge in [0.15, 0.2) is 0 Å². The van der Waals surface area contributed by atoms with E-state index in [0.717, 1.165) is 61.2 Å². The number of methoxy groups -OCH3 is 1. The molecular weight excluding hydrogens is 304 g/mol. The zero-order chi connectivity index (χ0) is 16.9. The van der Waals surface area contributed by atoms with Crippen molar-refractivity contribution in [2.24, 2.45) is 0 Å². The Kier molecular flexibility index (Phi) is 5.53. The van der Waals surface area contributed by atoms with Gasteiger partial charge in [-0.15, -0.1) is 0 Å². The molecule has 0 saturated carbocycles. The second-order valence-electron chi connectivity index (χ2n) is 6.45. The predicted octanol–water partition coefficient (Wildman–Crippen LogP) is 2.93. The van der Waals surface area contributed by atoms with E-state index in [1.807, 2.05) is 24.3 Å². The van der Waals surface area contributed by atoms with Crippen molar-refractivity contribution < 1.29 is 9.47 Å². The molecule has 1 aliphatic heterocycles. The molecule has 130 valence electrons. The minimum Gasteiger partial charge on any atom is -0.497 e. The molecule has 1 aromatic carbocycles. The molecule has 1 aromatic heterocycles. The molecule has 5 heteroatoms. The normalized spacial score (nSPS) is 18.8. The predicted molar refractivity (Wildman–Crippen MR) is 95.7 cm³/mol. The van der Waals surface area contributed by atoms with Gasteiger partial charge in [0.25, 0.3) is 5.56 Å². The van der Waals surface area contributed by atoms with Crippen molar-refractivity contribution in [1.82, 2.24) is 9.88 Å². The Morgan fingerprint density at radius 2 is 2.21 bits per heavy atom. The van der Waals surface area contributed by atoms with Crippen LogP contribution < -0.4 is 10.3 Å². The first-order valence-electron chi connectivity index (χ1n) is 8.73. The quantitative estimate of drug-likeness (QED) is 0.885. The first-order valence-corrected chi connectivity index (χ1v) is 8.73. The molecule has 0 spiro atoms. The van der Waals surface area contributed by atoms with E-state index in [4.69, 9.17) is 9.47 Å². The number of nitrogens with one attached hydrogen (secondary N) is 1. The molecule has 1 N–H and O–H groups in total. The zero-order valence-electron chi connectivity index (χ0n) is 14.5. The minimum absolute atomic E-state index is 0.00994. The standard InChI is InChI=1S/C19H26N2O3/c1-3-9-24-17-5-4-8-21(13-17)12-15-10-14-11-16(23-2)6-7-18(14)20-19(15)22/h6-7,10-11,17H,3-5,8-9,12-13H2,1-2H3,(H,20,22)/t17-/m1/s1. The first kappa shape index (κ1) is 17.0. The molecule has 0 bridgehead atoms. The summed E-state index contributed by atoms with van der Waals surface area (Å²) < 4.78 is 11.2. The summed E-state index contributed by atoms with van der Waals surface area (Å²) in [6.07, 6.45) is 3.57. The molecule has 1 saturated heterocycles. The van der Waals surface area contributed by atoms with Crippen LogP contribution in [-0.4, -0.2) is 42.8 Å². The molecule has 1 fully saturated rings. The molecule has 0 unspecified atom stereocenters. The molecule has 0 radical (unpaired) electrons. The Labute approximate surface area is 142 Å². The highest BCUT2D eigenvalue weighted by atomic mass is 16.5. The van der Waals surface area contributed by atoms with Gasteiger partial charge >= 0.3 is 0 Å². The Morgan fingerprint density at radius 3 is 3.00 bits per heavy atom. The molecule has 1 aliphatic rings. The number of nitrogens with zero attached hydrogens (tertiary/aromatic N) is 1. The fourth-order valence-corrected chi connectivity index (χ4v) is 3.29. The van der Waals surface area contributed by atoms with Crippen molar-refractivity contribution in [3.63, 3.8) is 0 Å². The summed E-state index contributed by atoms with van der Waals surface area (Å²) >= 11 is 0. The number of pyridine rings is 1. The molecule has 1 atom stereocenters. The number of aromatic amines is 1. The Balaban J connectivity index is 1.76. The van der Waals surface area contributed by atoms with E-state index in [0.29, 0.717) is 12.6 Å². The highest BCUT2D eigenvalue weighted by Crippen LogP contribution is 2.20. The Bertz CT molecular complexity index is 741. The van der Waals surface area contributed by atoms with Gasteiger partial charge in [0.05, 0.1) is 13.2 Å². The first-order chi connectivity index (χ1) is 11.7. The fourth-order valence-electron chi connectivity index (χ4n) is 3.29. The highest BCUT2D eigenvalue weighted by Gasteiger charge is 2.21. The van der Waals surface area contributed by atoms with Crippen LogP contribution in [0.5, 0.6) is 5.75 Å². The number of H-pyrrole nitrogens is 1. The van der Waals surface area contributed by atoms with Gasteiger partial charge in [-0.05, 0) is 50.1 Å². The van der Waals surface area contributed by atoms with E-state index in [2.05, 4.69) is 16.8 Å². The molecule has 5 nitrogen and oxygen atoms in total. The number of aromatic nitrogens is 1. The van der Waals surface area contributed by atoms with Gasteiger partial charge in [-0.2, -0.15) is 0 Å². The molecule has 3 rings (SSSR count). The lowest BCUT2D eigenvalue weighted by Gasteiger charge is -2.32. The largest absolute Gasteiger partial charge is 0.497 e. The van der Waals surface area contributed by atoms with Crippen molar-refractivity contribution in [3.8, 4) is 5.75 Å². The summed E-state index contributed by atoms with van der Waals surface area (Å²) in [4.78, 5) is 17.7. The van der Waals surface area contributed by atoms with E-state index >= 15 is 0 Å². The number of hydrogen-bond donors (Lipinski definition) is 1. The lowest BCUT2D eigenvalue weighted by Crippen LogP contribution is -2.40. The van der Waals surface area contributed by atoms with Gasteiger partial charge in [0.1, 0.15) is 5.75 Å². The molecular formula is C19H26N2O3. The van der Waals surface area contributed by atoms with Crippen LogP contribution in [0.1, 0.15) is 31.7 Å². The number of piperidine rings is 1. The van der Waals surface area contributed by atoms with Gasteiger partial charge in [-0.25, -0.2) is 0 Å². The van der Waals surface area contributed by atoms with Crippen LogP contribution in [0.15, 0.2) is 29.1 Å². The number of likely N-dealkylation sites (tertiary alicyclic amines) is 1. The lowest BCUT2D eigenvalue weighted by atomic mass is 10.1. The van der Waals surface area contributed by atoms with Crippen molar-refractivity contribution in [2.75, 3.05) is 26.8 Å². The van der Waals surface area contributed by atoms with Crippen molar-refractivity contribution >= 4 is 10.9 Å². The van der Waals surface area contributed by atoms with E-state index in [-0.39, 0.29) is 5.56 Å². The summed E-state index contributed by atoms with van der Waals surface area (Å²) in [5.74, 6) is 0.798. The van der Waals surface area contributed by atoms with Gasteiger partial charge < -0.3 is 14.5 Å². The highest BCUT2D eigenvalue weighted by molar-refractivity contribution is 5.80. The van der Waals surface area contributed by atoms with Crippen LogP contribution in [0.25, 0.3) is 10.9 Å². The average Bonchev–Trinajstić information content (AvgIpc) is 2.60. The van der Waals surface area contributed by atoms with Crippen LogP contribution in [0.4, 0.5) is 0 Å². The van der Waals surface area contributed by atoms with E-state index in [9.17, 15) is 4.79 Å². The zero-order valence-corrected chi connectivity index (χ0v) is 14.5. The summed E-state index contributed by atoms with van der Waals surface area (Å²) in [7, 11) is 1.65. The van der Waals surface area contributed by atoms with Crippen LogP contribution in [0.2, 0.25) is 0 Å². The van der Waals surface area contributed by atoms with Crippen LogP contribution >= 0.6 is 0 Å². The smallest absolute Gasteiger partial charge is 0.252 e. The van der Waals surface area contributed by atoms with Crippen molar-refractivity contribution in [2.45, 2.75) is 38.8 Å². The minimum atomic E-state index is -0.00994. The topological polar surface area (TPSA) is 54.6 Å². The van der Waals surface area contributed by atoms with Crippen molar-refractivity contribution in [3.05, 3.63) is 40.2 Å². The van der Waals surface area contributed by atoms with Gasteiger partial charge in [-0.1, -0.05) is 6.92 Å². The average molecular weight is 330 g/mol. The number of rotatable bonds is 6. The van der Waals surface area contributed by atoms with E-state index < -0.39 is 0 Å².